The zero-order chi connectivity index (χ0) is 16.2. The van der Waals surface area contributed by atoms with Crippen molar-refractivity contribution in [3.63, 3.8) is 0 Å². The summed E-state index contributed by atoms with van der Waals surface area (Å²) in [7, 11) is 1.38. The van der Waals surface area contributed by atoms with Crippen molar-refractivity contribution in [2.24, 2.45) is 0 Å². The first kappa shape index (κ1) is 18.4. The molecule has 1 aromatic rings. The number of esters is 1. The maximum absolute atomic E-state index is 12.0. The van der Waals surface area contributed by atoms with Crippen LogP contribution < -0.4 is 0 Å². The van der Waals surface area contributed by atoms with E-state index in [9.17, 15) is 13.2 Å². The highest BCUT2D eigenvalue weighted by molar-refractivity contribution is 9.10. The van der Waals surface area contributed by atoms with Crippen LogP contribution in [0.3, 0.4) is 0 Å². The van der Waals surface area contributed by atoms with Gasteiger partial charge >= 0.3 is 5.97 Å². The van der Waals surface area contributed by atoms with Crippen LogP contribution in [0.4, 0.5) is 0 Å². The maximum atomic E-state index is 12.0. The summed E-state index contributed by atoms with van der Waals surface area (Å²) in [6.45, 7) is 5.79. The Kier molecular flexibility index (Phi) is 6.65. The highest BCUT2D eigenvalue weighted by Gasteiger charge is 2.19. The van der Waals surface area contributed by atoms with Crippen molar-refractivity contribution < 1.29 is 22.7 Å². The fraction of sp³-hybridized carbons (Fsp3) is 0.462. The zero-order valence-electron chi connectivity index (χ0n) is 11.9. The van der Waals surface area contributed by atoms with E-state index in [0.29, 0.717) is 10.0 Å². The smallest absolute Gasteiger partial charge is 0.338 e. The quantitative estimate of drug-likeness (QED) is 0.417. The van der Waals surface area contributed by atoms with Crippen molar-refractivity contribution in [2.75, 3.05) is 13.2 Å². The lowest BCUT2D eigenvalue weighted by atomic mass is 10.1. The molecule has 0 fully saturated rings. The van der Waals surface area contributed by atoms with Crippen LogP contribution in [0.2, 0.25) is 0 Å². The van der Waals surface area contributed by atoms with Crippen LogP contribution in [-0.4, -0.2) is 33.7 Å². The Morgan fingerprint density at radius 2 is 1.95 bits per heavy atom. The monoisotopic (exact) mass is 398 g/mol. The summed E-state index contributed by atoms with van der Waals surface area (Å²) in [5.41, 5.74) is 0.724. The summed E-state index contributed by atoms with van der Waals surface area (Å²) in [4.78, 5) is 11.8. The molecule has 0 spiro atoms. The van der Waals surface area contributed by atoms with Gasteiger partial charge in [0.2, 0.25) is 0 Å². The van der Waals surface area contributed by atoms with E-state index < -0.39 is 15.0 Å². The Hall–Kier alpha value is -0.630. The van der Waals surface area contributed by atoms with E-state index in [2.05, 4.69) is 15.9 Å². The molecule has 0 radical (unpaired) electrons. The molecule has 0 aliphatic heterocycles. The van der Waals surface area contributed by atoms with Crippen LogP contribution in [0.1, 0.15) is 29.8 Å². The lowest BCUT2D eigenvalue weighted by Gasteiger charge is -2.11. The number of benzene rings is 1. The van der Waals surface area contributed by atoms with Crippen molar-refractivity contribution in [3.05, 3.63) is 27.7 Å². The number of carbonyl (C=O) groups is 1. The van der Waals surface area contributed by atoms with E-state index in [4.69, 9.17) is 20.2 Å². The first-order chi connectivity index (χ1) is 9.62. The van der Waals surface area contributed by atoms with E-state index in [0.717, 1.165) is 0 Å². The fourth-order valence-electron chi connectivity index (χ4n) is 1.50. The average molecular weight is 400 g/mol. The first-order valence-electron chi connectivity index (χ1n) is 6.16. The molecule has 0 aliphatic rings. The minimum absolute atomic E-state index is 0.0456. The minimum atomic E-state index is -3.92. The summed E-state index contributed by atoms with van der Waals surface area (Å²) in [5.74, 6) is -0.622. The summed E-state index contributed by atoms with van der Waals surface area (Å²) in [6.07, 6.45) is 0.0456. The second-order valence-corrected chi connectivity index (χ2v) is 7.99. The topological polar surface area (TPSA) is 69.7 Å². The van der Waals surface area contributed by atoms with Gasteiger partial charge in [-0.25, -0.2) is 13.2 Å². The highest BCUT2D eigenvalue weighted by atomic mass is 79.9. The molecule has 5 nitrogen and oxygen atoms in total. The van der Waals surface area contributed by atoms with Gasteiger partial charge < -0.3 is 9.47 Å². The van der Waals surface area contributed by atoms with E-state index in [-0.39, 0.29) is 29.8 Å². The Morgan fingerprint density at radius 3 is 2.48 bits per heavy atom. The predicted octanol–water partition coefficient (Wildman–Crippen LogP) is 3.27. The SMILES string of the molecule is Cc1c(Br)cc(S(=O)(=O)Cl)cc1C(=O)OCCOC(C)C. The van der Waals surface area contributed by atoms with Gasteiger partial charge in [-0.1, -0.05) is 15.9 Å². The largest absolute Gasteiger partial charge is 0.460 e. The molecule has 0 bridgehead atoms. The van der Waals surface area contributed by atoms with Crippen LogP contribution in [0.15, 0.2) is 21.5 Å². The second-order valence-electron chi connectivity index (χ2n) is 4.57. The van der Waals surface area contributed by atoms with Crippen LogP contribution in [0, 0.1) is 6.92 Å². The molecule has 0 amide bonds. The number of hydrogen-bond acceptors (Lipinski definition) is 5. The molecule has 0 saturated heterocycles. The lowest BCUT2D eigenvalue weighted by Crippen LogP contribution is -2.15. The summed E-state index contributed by atoms with van der Waals surface area (Å²) < 4.78 is 33.5. The molecule has 0 unspecified atom stereocenters. The van der Waals surface area contributed by atoms with Crippen molar-refractivity contribution in [1.82, 2.24) is 0 Å². The zero-order valence-corrected chi connectivity index (χ0v) is 15.0. The van der Waals surface area contributed by atoms with Gasteiger partial charge in [-0.3, -0.25) is 0 Å². The summed E-state index contributed by atoms with van der Waals surface area (Å²) in [6, 6.07) is 2.55. The number of ether oxygens (including phenoxy) is 2. The molecule has 0 N–H and O–H groups in total. The molecule has 0 aliphatic carbocycles. The van der Waals surface area contributed by atoms with Crippen molar-refractivity contribution in [3.8, 4) is 0 Å². The van der Waals surface area contributed by atoms with Gasteiger partial charge in [0.15, 0.2) is 0 Å². The Bertz CT molecular complexity index is 628. The molecule has 1 rings (SSSR count). The molecule has 0 aromatic heterocycles. The summed E-state index contributed by atoms with van der Waals surface area (Å²) in [5, 5.41) is 0. The third-order valence-electron chi connectivity index (χ3n) is 2.59. The van der Waals surface area contributed by atoms with Crippen LogP contribution in [0.5, 0.6) is 0 Å². The normalized spacial score (nSPS) is 11.7. The number of rotatable bonds is 6. The third-order valence-corrected chi connectivity index (χ3v) is 4.74. The molecule has 0 saturated carbocycles. The van der Waals surface area contributed by atoms with Gasteiger partial charge in [0.1, 0.15) is 6.61 Å². The molecule has 0 heterocycles. The Morgan fingerprint density at radius 1 is 1.33 bits per heavy atom. The standard InChI is InChI=1S/C13H16BrClO5S/c1-8(2)19-4-5-20-13(16)11-6-10(21(15,17)18)7-12(14)9(11)3/h6-8H,4-5H2,1-3H3. The molecular formula is C13H16BrClO5S. The Labute approximate surface area is 137 Å². The highest BCUT2D eigenvalue weighted by Crippen LogP contribution is 2.27. The minimum Gasteiger partial charge on any atom is -0.460 e. The van der Waals surface area contributed by atoms with E-state index in [1.54, 1.807) is 6.92 Å². The van der Waals surface area contributed by atoms with Gasteiger partial charge in [-0.15, -0.1) is 0 Å². The Balaban J connectivity index is 2.91. The molecule has 8 heteroatoms. The van der Waals surface area contributed by atoms with E-state index in [1.165, 1.54) is 12.1 Å². The second kappa shape index (κ2) is 7.58. The van der Waals surface area contributed by atoms with Gasteiger partial charge in [-0.2, -0.15) is 0 Å². The third kappa shape index (κ3) is 5.58. The van der Waals surface area contributed by atoms with Crippen LogP contribution >= 0.6 is 26.6 Å². The maximum Gasteiger partial charge on any atom is 0.338 e. The van der Waals surface area contributed by atoms with Crippen molar-refractivity contribution in [1.29, 1.82) is 0 Å². The van der Waals surface area contributed by atoms with Gasteiger partial charge in [0.05, 0.1) is 23.2 Å². The molecule has 118 valence electrons. The summed E-state index contributed by atoms with van der Waals surface area (Å²) >= 11 is 3.20. The van der Waals surface area contributed by atoms with Crippen molar-refractivity contribution >= 4 is 41.6 Å². The number of carbonyl (C=O) groups excluding carboxylic acids is 1. The average Bonchev–Trinajstić information content (AvgIpc) is 2.35. The lowest BCUT2D eigenvalue weighted by molar-refractivity contribution is 0.0176. The van der Waals surface area contributed by atoms with Crippen molar-refractivity contribution in [2.45, 2.75) is 31.8 Å². The molecular weight excluding hydrogens is 384 g/mol. The molecule has 1 aromatic carbocycles. The molecule has 21 heavy (non-hydrogen) atoms. The van der Waals surface area contributed by atoms with Crippen LogP contribution in [-0.2, 0) is 18.5 Å². The first-order valence-corrected chi connectivity index (χ1v) is 9.26. The van der Waals surface area contributed by atoms with Gasteiger partial charge in [-0.05, 0) is 38.5 Å². The molecule has 0 atom stereocenters. The van der Waals surface area contributed by atoms with Gasteiger partial charge in [0, 0.05) is 15.2 Å². The van der Waals surface area contributed by atoms with E-state index >= 15 is 0 Å². The van der Waals surface area contributed by atoms with E-state index in [1.807, 2.05) is 13.8 Å². The van der Waals surface area contributed by atoms with Gasteiger partial charge in [0.25, 0.3) is 9.05 Å². The van der Waals surface area contributed by atoms with Crippen LogP contribution in [0.25, 0.3) is 0 Å². The predicted molar refractivity (Wildman–Crippen MR) is 83.3 cm³/mol. The number of hydrogen-bond donors (Lipinski definition) is 0. The number of halogens is 2. The fourth-order valence-corrected chi connectivity index (χ4v) is 2.90.